The molecule has 0 amide bonds. The zero-order valence-electron chi connectivity index (χ0n) is 13.2. The van der Waals surface area contributed by atoms with Crippen molar-refractivity contribution in [3.8, 4) is 5.75 Å². The van der Waals surface area contributed by atoms with Crippen LogP contribution < -0.4 is 10.1 Å². The zero-order chi connectivity index (χ0) is 15.2. The van der Waals surface area contributed by atoms with Crippen LogP contribution >= 0.6 is 0 Å². The largest absolute Gasteiger partial charge is 0.491 e. The van der Waals surface area contributed by atoms with Crippen molar-refractivity contribution < 1.29 is 13.9 Å². The monoisotopic (exact) mass is 295 g/mol. The van der Waals surface area contributed by atoms with Crippen LogP contribution in [-0.4, -0.2) is 31.9 Å². The lowest BCUT2D eigenvalue weighted by Gasteiger charge is -2.16. The van der Waals surface area contributed by atoms with Crippen LogP contribution in [0.4, 0.5) is 4.39 Å². The Morgan fingerprint density at radius 2 is 2.10 bits per heavy atom. The van der Waals surface area contributed by atoms with E-state index < -0.39 is 0 Å². The molecule has 0 bridgehead atoms. The lowest BCUT2D eigenvalue weighted by molar-refractivity contribution is 0.0183. The van der Waals surface area contributed by atoms with Gasteiger partial charge in [-0.1, -0.05) is 13.8 Å². The summed E-state index contributed by atoms with van der Waals surface area (Å²) in [6, 6.07) is 4.84. The number of hydrogen-bond acceptors (Lipinski definition) is 3. The highest BCUT2D eigenvalue weighted by Gasteiger charge is 2.25. The Kier molecular flexibility index (Phi) is 6.00. The van der Waals surface area contributed by atoms with Crippen molar-refractivity contribution in [2.45, 2.75) is 45.8 Å². The van der Waals surface area contributed by atoms with E-state index in [1.807, 2.05) is 0 Å². The Balaban J connectivity index is 1.69. The molecule has 1 saturated heterocycles. The topological polar surface area (TPSA) is 30.5 Å². The smallest absolute Gasteiger partial charge is 0.126 e. The molecule has 1 aromatic rings. The maximum atomic E-state index is 13.2. The molecule has 0 spiro atoms. The highest BCUT2D eigenvalue weighted by molar-refractivity contribution is 5.28. The summed E-state index contributed by atoms with van der Waals surface area (Å²) in [5, 5.41) is 3.43. The van der Waals surface area contributed by atoms with Crippen LogP contribution in [0.1, 0.15) is 32.3 Å². The fraction of sp³-hybridized carbons (Fsp3) is 0.647. The molecule has 2 unspecified atom stereocenters. The molecule has 1 aliphatic heterocycles. The molecule has 1 aromatic carbocycles. The van der Waals surface area contributed by atoms with Crippen molar-refractivity contribution in [1.82, 2.24) is 5.32 Å². The molecule has 0 aliphatic carbocycles. The Morgan fingerprint density at radius 1 is 1.33 bits per heavy atom. The molecule has 21 heavy (non-hydrogen) atoms. The molecule has 118 valence electrons. The van der Waals surface area contributed by atoms with Crippen LogP contribution in [0.3, 0.4) is 0 Å². The van der Waals surface area contributed by atoms with Crippen LogP contribution in [-0.2, 0) is 4.74 Å². The van der Waals surface area contributed by atoms with Crippen molar-refractivity contribution >= 4 is 0 Å². The second-order valence-electron chi connectivity index (χ2n) is 6.23. The second-order valence-corrected chi connectivity index (χ2v) is 6.23. The number of hydrogen-bond donors (Lipinski definition) is 1. The third kappa shape index (κ3) is 5.29. The van der Waals surface area contributed by atoms with Crippen molar-refractivity contribution in [1.29, 1.82) is 0 Å². The number of nitrogens with one attached hydrogen (secondary N) is 1. The molecule has 3 nitrogen and oxygen atoms in total. The van der Waals surface area contributed by atoms with E-state index in [1.165, 1.54) is 6.07 Å². The molecular weight excluding hydrogens is 269 g/mol. The Bertz CT molecular complexity index is 450. The maximum absolute atomic E-state index is 13.2. The average molecular weight is 295 g/mol. The highest BCUT2D eigenvalue weighted by atomic mass is 19.1. The van der Waals surface area contributed by atoms with Gasteiger partial charge in [0, 0.05) is 6.54 Å². The first-order valence-electron chi connectivity index (χ1n) is 7.79. The van der Waals surface area contributed by atoms with E-state index >= 15 is 0 Å². The van der Waals surface area contributed by atoms with Crippen molar-refractivity contribution in [2.24, 2.45) is 5.92 Å². The summed E-state index contributed by atoms with van der Waals surface area (Å²) < 4.78 is 24.8. The number of aryl methyl sites for hydroxylation is 1. The molecular formula is C17H26FNO2. The quantitative estimate of drug-likeness (QED) is 0.837. The molecule has 2 rings (SSSR count). The van der Waals surface area contributed by atoms with Gasteiger partial charge < -0.3 is 14.8 Å². The van der Waals surface area contributed by atoms with E-state index in [2.05, 4.69) is 19.2 Å². The molecule has 1 fully saturated rings. The summed E-state index contributed by atoms with van der Waals surface area (Å²) in [4.78, 5) is 0. The Morgan fingerprint density at radius 3 is 2.81 bits per heavy atom. The lowest BCUT2D eigenvalue weighted by atomic mass is 10.2. The van der Waals surface area contributed by atoms with Crippen LogP contribution in [0.25, 0.3) is 0 Å². The third-order valence-corrected chi connectivity index (χ3v) is 3.69. The molecule has 0 aromatic heterocycles. The van der Waals surface area contributed by atoms with Crippen molar-refractivity contribution in [3.63, 3.8) is 0 Å². The van der Waals surface area contributed by atoms with Gasteiger partial charge in [-0.3, -0.25) is 0 Å². The predicted octanol–water partition coefficient (Wildman–Crippen LogP) is 3.31. The van der Waals surface area contributed by atoms with Crippen LogP contribution in [0.5, 0.6) is 5.75 Å². The van der Waals surface area contributed by atoms with E-state index in [9.17, 15) is 4.39 Å². The molecule has 1 aliphatic rings. The van der Waals surface area contributed by atoms with E-state index in [-0.39, 0.29) is 18.0 Å². The van der Waals surface area contributed by atoms with Gasteiger partial charge in [0.2, 0.25) is 0 Å². The predicted molar refractivity (Wildman–Crippen MR) is 82.2 cm³/mol. The first-order chi connectivity index (χ1) is 10.0. The normalized spacial score (nSPS) is 22.0. The Labute approximate surface area is 126 Å². The molecule has 0 saturated carbocycles. The van der Waals surface area contributed by atoms with Gasteiger partial charge in [0.1, 0.15) is 18.2 Å². The minimum absolute atomic E-state index is 0.140. The molecule has 0 radical (unpaired) electrons. The summed E-state index contributed by atoms with van der Waals surface area (Å²) in [6.45, 7) is 8.60. The van der Waals surface area contributed by atoms with E-state index in [0.717, 1.165) is 25.9 Å². The first-order valence-corrected chi connectivity index (χ1v) is 7.79. The molecule has 2 atom stereocenters. The molecule has 4 heteroatoms. The maximum Gasteiger partial charge on any atom is 0.126 e. The van der Waals surface area contributed by atoms with Gasteiger partial charge in [0.05, 0.1) is 12.2 Å². The van der Waals surface area contributed by atoms with E-state index in [1.54, 1.807) is 19.1 Å². The summed E-state index contributed by atoms with van der Waals surface area (Å²) in [7, 11) is 0. The van der Waals surface area contributed by atoms with Crippen LogP contribution in [0, 0.1) is 18.7 Å². The van der Waals surface area contributed by atoms with Gasteiger partial charge >= 0.3 is 0 Å². The summed E-state index contributed by atoms with van der Waals surface area (Å²) in [5.74, 6) is 1.17. The van der Waals surface area contributed by atoms with Crippen LogP contribution in [0.2, 0.25) is 0 Å². The number of halogens is 1. The number of benzene rings is 1. The van der Waals surface area contributed by atoms with E-state index in [0.29, 0.717) is 23.8 Å². The van der Waals surface area contributed by atoms with E-state index in [4.69, 9.17) is 9.47 Å². The fourth-order valence-electron chi connectivity index (χ4n) is 2.48. The van der Waals surface area contributed by atoms with Crippen molar-refractivity contribution in [2.75, 3.05) is 19.7 Å². The number of ether oxygens (including phenoxy) is 2. The SMILES string of the molecule is Cc1cc(OCC2CCC(CNCC(C)C)O2)ccc1F. The summed E-state index contributed by atoms with van der Waals surface area (Å²) in [6.07, 6.45) is 2.52. The van der Waals surface area contributed by atoms with Gasteiger partial charge in [-0.05, 0) is 56.0 Å². The second kappa shape index (κ2) is 7.76. The fourth-order valence-corrected chi connectivity index (χ4v) is 2.48. The van der Waals surface area contributed by atoms with Crippen LogP contribution in [0.15, 0.2) is 18.2 Å². The average Bonchev–Trinajstić information content (AvgIpc) is 2.88. The minimum Gasteiger partial charge on any atom is -0.491 e. The van der Waals surface area contributed by atoms with Gasteiger partial charge in [0.25, 0.3) is 0 Å². The Hall–Kier alpha value is -1.13. The van der Waals surface area contributed by atoms with Gasteiger partial charge in [-0.25, -0.2) is 4.39 Å². The van der Waals surface area contributed by atoms with Crippen molar-refractivity contribution in [3.05, 3.63) is 29.6 Å². The minimum atomic E-state index is -0.198. The summed E-state index contributed by atoms with van der Waals surface area (Å²) >= 11 is 0. The summed E-state index contributed by atoms with van der Waals surface area (Å²) in [5.41, 5.74) is 0.607. The third-order valence-electron chi connectivity index (χ3n) is 3.69. The lowest BCUT2D eigenvalue weighted by Crippen LogP contribution is -2.30. The zero-order valence-corrected chi connectivity index (χ0v) is 13.2. The standard InChI is InChI=1S/C17H26FNO2/c1-12(2)9-19-10-15-4-5-16(21-15)11-20-14-6-7-17(18)13(3)8-14/h6-8,12,15-16,19H,4-5,9-11H2,1-3H3. The molecule has 1 heterocycles. The number of rotatable bonds is 7. The van der Waals surface area contributed by atoms with Gasteiger partial charge in [-0.2, -0.15) is 0 Å². The van der Waals surface area contributed by atoms with Gasteiger partial charge in [-0.15, -0.1) is 0 Å². The highest BCUT2D eigenvalue weighted by Crippen LogP contribution is 2.21. The first kappa shape index (κ1) is 16.2. The van der Waals surface area contributed by atoms with Gasteiger partial charge in [0.15, 0.2) is 0 Å². The molecule has 1 N–H and O–H groups in total.